The largest absolute Gasteiger partial charge is 0.463 e. The molecule has 1 saturated carbocycles. The second-order valence-corrected chi connectivity index (χ2v) is 6.55. The molecule has 130 valence electrons. The van der Waals surface area contributed by atoms with Gasteiger partial charge in [0.05, 0.1) is 12.5 Å². The molecule has 0 saturated heterocycles. The third-order valence-corrected chi connectivity index (χ3v) is 5.55. The molecule has 5 rings (SSSR count). The molecule has 0 N–H and O–H groups in total. The van der Waals surface area contributed by atoms with Crippen molar-refractivity contribution in [2.45, 2.75) is 30.9 Å². The molecule has 1 aliphatic heterocycles. The summed E-state index contributed by atoms with van der Waals surface area (Å²) in [5.74, 6) is -1.62. The van der Waals surface area contributed by atoms with Crippen LogP contribution in [0.3, 0.4) is 0 Å². The SMILES string of the molecule is CCOC(=O)[C@@]12ON=C(c3ccccc3)[C@]1([N+](=O)[O-])[C@H]1C=C[C@@H]2CC1. The van der Waals surface area contributed by atoms with Crippen LogP contribution in [0.25, 0.3) is 0 Å². The van der Waals surface area contributed by atoms with Crippen molar-refractivity contribution >= 4 is 11.7 Å². The number of esters is 1. The lowest BCUT2D eigenvalue weighted by Crippen LogP contribution is -2.74. The van der Waals surface area contributed by atoms with Crippen molar-refractivity contribution in [2.24, 2.45) is 17.0 Å². The summed E-state index contributed by atoms with van der Waals surface area (Å²) >= 11 is 0. The minimum Gasteiger partial charge on any atom is -0.463 e. The Labute approximate surface area is 144 Å². The second-order valence-electron chi connectivity index (χ2n) is 6.55. The maximum atomic E-state index is 12.9. The number of hydrogen-bond donors (Lipinski definition) is 0. The van der Waals surface area contributed by atoms with Crippen LogP contribution >= 0.6 is 0 Å². The molecule has 3 aliphatic carbocycles. The molecule has 7 nitrogen and oxygen atoms in total. The first kappa shape index (κ1) is 15.8. The van der Waals surface area contributed by atoms with Gasteiger partial charge in [0, 0.05) is 16.4 Å². The Morgan fingerprint density at radius 2 is 2.00 bits per heavy atom. The number of ether oxygens (including phenoxy) is 1. The molecule has 0 unspecified atom stereocenters. The monoisotopic (exact) mass is 342 g/mol. The van der Waals surface area contributed by atoms with Crippen LogP contribution in [0.2, 0.25) is 0 Å². The number of nitrogens with zero attached hydrogens (tertiary/aromatic N) is 2. The van der Waals surface area contributed by atoms with Gasteiger partial charge in [-0.25, -0.2) is 4.79 Å². The van der Waals surface area contributed by atoms with Crippen molar-refractivity contribution in [1.82, 2.24) is 0 Å². The predicted octanol–water partition coefficient (Wildman–Crippen LogP) is 2.33. The smallest absolute Gasteiger partial charge is 0.362 e. The first-order valence-corrected chi connectivity index (χ1v) is 8.41. The standard InChI is InChI=1S/C18H18N2O5/c1-2-24-16(21)18-14-10-8-13(9-11-14)17(18,20(22)23)15(19-25-18)12-6-4-3-5-7-12/h3-8,10,13-14H,2,9,11H2,1H3/t13-,14+,17+,18+/m0/s1. The summed E-state index contributed by atoms with van der Waals surface area (Å²) in [5.41, 5.74) is -2.72. The normalized spacial score (nSPS) is 34.8. The third kappa shape index (κ3) is 1.75. The van der Waals surface area contributed by atoms with Gasteiger partial charge < -0.3 is 9.57 Å². The first-order chi connectivity index (χ1) is 12.1. The molecule has 4 aliphatic rings. The van der Waals surface area contributed by atoms with E-state index in [-0.39, 0.29) is 17.2 Å². The van der Waals surface area contributed by atoms with Crippen molar-refractivity contribution in [1.29, 1.82) is 0 Å². The molecule has 0 radical (unpaired) electrons. The highest BCUT2D eigenvalue weighted by Crippen LogP contribution is 2.58. The lowest BCUT2D eigenvalue weighted by Gasteiger charge is -2.48. The highest BCUT2D eigenvalue weighted by molar-refractivity contribution is 6.12. The summed E-state index contributed by atoms with van der Waals surface area (Å²) in [4.78, 5) is 30.6. The average molecular weight is 342 g/mol. The van der Waals surface area contributed by atoms with Crippen LogP contribution in [0.4, 0.5) is 0 Å². The summed E-state index contributed by atoms with van der Waals surface area (Å²) in [6, 6.07) is 8.89. The molecule has 0 spiro atoms. The van der Waals surface area contributed by atoms with Crippen LogP contribution < -0.4 is 0 Å². The Balaban J connectivity index is 1.96. The number of carbonyl (C=O) groups is 1. The quantitative estimate of drug-likeness (QED) is 0.362. The van der Waals surface area contributed by atoms with Gasteiger partial charge in [-0.15, -0.1) is 0 Å². The lowest BCUT2D eigenvalue weighted by atomic mass is 9.53. The highest BCUT2D eigenvalue weighted by Gasteiger charge is 2.83. The molecular formula is C18H18N2O5. The number of nitro groups is 1. The predicted molar refractivity (Wildman–Crippen MR) is 88.5 cm³/mol. The van der Waals surface area contributed by atoms with E-state index in [0.717, 1.165) is 0 Å². The Bertz CT molecular complexity index is 790. The topological polar surface area (TPSA) is 91.0 Å². The molecule has 2 bridgehead atoms. The molecule has 1 aromatic carbocycles. The van der Waals surface area contributed by atoms with Crippen molar-refractivity contribution in [2.75, 3.05) is 6.61 Å². The van der Waals surface area contributed by atoms with Crippen molar-refractivity contribution in [3.8, 4) is 0 Å². The van der Waals surface area contributed by atoms with Crippen LogP contribution in [0.15, 0.2) is 47.6 Å². The summed E-state index contributed by atoms with van der Waals surface area (Å²) in [5, 5.41) is 16.5. The van der Waals surface area contributed by atoms with Crippen molar-refractivity contribution in [3.63, 3.8) is 0 Å². The molecular weight excluding hydrogens is 324 g/mol. The van der Waals surface area contributed by atoms with E-state index in [1.165, 1.54) is 0 Å². The van der Waals surface area contributed by atoms with E-state index in [2.05, 4.69) is 5.16 Å². The fraction of sp³-hybridized carbons (Fsp3) is 0.444. The van der Waals surface area contributed by atoms with E-state index in [1.54, 1.807) is 31.2 Å². The molecule has 7 heteroatoms. The first-order valence-electron chi connectivity index (χ1n) is 8.41. The van der Waals surface area contributed by atoms with Gasteiger partial charge in [-0.1, -0.05) is 47.6 Å². The van der Waals surface area contributed by atoms with E-state index in [9.17, 15) is 14.9 Å². The maximum Gasteiger partial charge on any atom is 0.362 e. The summed E-state index contributed by atoms with van der Waals surface area (Å²) < 4.78 is 5.22. The minimum atomic E-state index is -1.77. The van der Waals surface area contributed by atoms with Crippen LogP contribution in [0.1, 0.15) is 25.3 Å². The van der Waals surface area contributed by atoms with Crippen LogP contribution in [0.5, 0.6) is 0 Å². The van der Waals surface area contributed by atoms with Gasteiger partial charge in [-0.05, 0) is 19.8 Å². The number of benzene rings is 1. The van der Waals surface area contributed by atoms with Crippen LogP contribution in [-0.4, -0.2) is 34.4 Å². The molecule has 1 heterocycles. The average Bonchev–Trinajstić information content (AvgIpc) is 3.04. The van der Waals surface area contributed by atoms with E-state index in [4.69, 9.17) is 9.57 Å². The Morgan fingerprint density at radius 1 is 1.32 bits per heavy atom. The van der Waals surface area contributed by atoms with E-state index >= 15 is 0 Å². The molecule has 1 aromatic rings. The van der Waals surface area contributed by atoms with Gasteiger partial charge in [0.1, 0.15) is 0 Å². The Hall–Kier alpha value is -2.70. The van der Waals surface area contributed by atoms with Gasteiger partial charge in [0.2, 0.25) is 0 Å². The van der Waals surface area contributed by atoms with Crippen LogP contribution in [0, 0.1) is 22.0 Å². The van der Waals surface area contributed by atoms with E-state index in [0.29, 0.717) is 18.4 Å². The van der Waals surface area contributed by atoms with Gasteiger partial charge in [0.25, 0.3) is 0 Å². The number of hydrogen-bond acceptors (Lipinski definition) is 6. The lowest BCUT2D eigenvalue weighted by molar-refractivity contribution is -0.579. The molecule has 25 heavy (non-hydrogen) atoms. The zero-order valence-electron chi connectivity index (χ0n) is 13.8. The summed E-state index contributed by atoms with van der Waals surface area (Å²) in [6.45, 7) is 1.80. The molecule has 4 atom stereocenters. The highest BCUT2D eigenvalue weighted by atomic mass is 16.7. The Kier molecular flexibility index (Phi) is 3.42. The Morgan fingerprint density at radius 3 is 2.60 bits per heavy atom. The zero-order valence-corrected chi connectivity index (χ0v) is 13.8. The zero-order chi connectivity index (χ0) is 17.7. The molecule has 0 amide bonds. The van der Waals surface area contributed by atoms with Crippen molar-refractivity contribution < 1.29 is 19.3 Å². The third-order valence-electron chi connectivity index (χ3n) is 5.55. The summed E-state index contributed by atoms with van der Waals surface area (Å²) in [6.07, 6.45) is 4.92. The number of fused-ring (bicyclic) bond motifs is 1. The number of carbonyl (C=O) groups excluding carboxylic acids is 1. The van der Waals surface area contributed by atoms with Gasteiger partial charge in [-0.2, -0.15) is 0 Å². The molecule has 1 fully saturated rings. The van der Waals surface area contributed by atoms with E-state index in [1.807, 2.05) is 18.2 Å². The minimum absolute atomic E-state index is 0.125. The second kappa shape index (κ2) is 5.40. The fourth-order valence-corrected chi connectivity index (χ4v) is 4.55. The van der Waals surface area contributed by atoms with Crippen molar-refractivity contribution in [3.05, 3.63) is 58.2 Å². The summed E-state index contributed by atoms with van der Waals surface area (Å²) in [7, 11) is 0. The fourth-order valence-electron chi connectivity index (χ4n) is 4.55. The van der Waals surface area contributed by atoms with Gasteiger partial charge in [0.15, 0.2) is 5.71 Å². The number of oxime groups is 1. The number of rotatable bonds is 4. The van der Waals surface area contributed by atoms with E-state index < -0.39 is 28.9 Å². The van der Waals surface area contributed by atoms with Gasteiger partial charge in [-0.3, -0.25) is 10.1 Å². The van der Waals surface area contributed by atoms with Crippen LogP contribution in [-0.2, 0) is 14.4 Å². The molecule has 0 aromatic heterocycles. The van der Waals surface area contributed by atoms with Gasteiger partial charge >= 0.3 is 17.1 Å². The maximum absolute atomic E-state index is 12.9.